The highest BCUT2D eigenvalue weighted by Gasteiger charge is 2.20. The highest BCUT2D eigenvalue weighted by molar-refractivity contribution is 5.74. The first-order valence-electron chi connectivity index (χ1n) is 11.5. The Morgan fingerprint density at radius 3 is 2.71 bits per heavy atom. The Morgan fingerprint density at radius 2 is 1.97 bits per heavy atom. The maximum Gasteiger partial charge on any atom is 0.329 e. The van der Waals surface area contributed by atoms with E-state index in [2.05, 4.69) is 20.2 Å². The number of nitrogens with one attached hydrogen (secondary N) is 2. The molecule has 1 aromatic carbocycles. The van der Waals surface area contributed by atoms with Crippen molar-refractivity contribution in [1.29, 1.82) is 0 Å². The van der Waals surface area contributed by atoms with E-state index in [1.54, 1.807) is 11.6 Å². The van der Waals surface area contributed by atoms with Gasteiger partial charge in [0.1, 0.15) is 18.5 Å². The summed E-state index contributed by atoms with van der Waals surface area (Å²) in [5, 5.41) is 14.0. The maximum absolute atomic E-state index is 12.6. The van der Waals surface area contributed by atoms with E-state index in [-0.39, 0.29) is 24.3 Å². The third kappa shape index (κ3) is 5.66. The number of aliphatic hydroxyl groups is 1. The molecule has 11 nitrogen and oxygen atoms in total. The summed E-state index contributed by atoms with van der Waals surface area (Å²) in [6.45, 7) is 7.00. The van der Waals surface area contributed by atoms with Crippen LogP contribution in [0.2, 0.25) is 0 Å². The van der Waals surface area contributed by atoms with Gasteiger partial charge in [0.15, 0.2) is 11.2 Å². The molecule has 0 saturated carbocycles. The molecule has 1 fully saturated rings. The summed E-state index contributed by atoms with van der Waals surface area (Å²) < 4.78 is 14.0. The van der Waals surface area contributed by atoms with Gasteiger partial charge in [-0.3, -0.25) is 19.2 Å². The van der Waals surface area contributed by atoms with Gasteiger partial charge in [-0.15, -0.1) is 0 Å². The molecule has 3 heterocycles. The fraction of sp³-hybridized carbons (Fsp3) is 0.522. The molecule has 34 heavy (non-hydrogen) atoms. The van der Waals surface area contributed by atoms with E-state index in [0.717, 1.165) is 44.8 Å². The minimum absolute atomic E-state index is 0.0445. The molecule has 0 amide bonds. The highest BCUT2D eigenvalue weighted by Crippen LogP contribution is 2.17. The van der Waals surface area contributed by atoms with Gasteiger partial charge in [-0.2, -0.15) is 4.98 Å². The number of nitrogens with zero attached hydrogens (tertiary/aromatic N) is 4. The lowest BCUT2D eigenvalue weighted by Gasteiger charge is -2.26. The largest absolute Gasteiger partial charge is 0.491 e. The normalized spacial score (nSPS) is 15.5. The number of aliphatic hydroxyl groups excluding tert-OH is 1. The Hall–Kier alpha value is -3.15. The summed E-state index contributed by atoms with van der Waals surface area (Å²) in [7, 11) is 1.55. The molecular weight excluding hydrogens is 440 g/mol. The summed E-state index contributed by atoms with van der Waals surface area (Å²) >= 11 is 0. The van der Waals surface area contributed by atoms with Crippen molar-refractivity contribution < 1.29 is 14.6 Å². The topological polar surface area (TPSA) is 127 Å². The van der Waals surface area contributed by atoms with Crippen LogP contribution in [0.15, 0.2) is 33.9 Å². The Balaban J connectivity index is 1.48. The molecule has 0 unspecified atom stereocenters. The number of rotatable bonds is 10. The molecular formula is C23H32N6O5. The molecule has 0 aliphatic carbocycles. The average Bonchev–Trinajstić information content (AvgIpc) is 3.19. The van der Waals surface area contributed by atoms with E-state index in [4.69, 9.17) is 9.47 Å². The molecule has 2 aromatic heterocycles. The van der Waals surface area contributed by atoms with Crippen molar-refractivity contribution in [2.24, 2.45) is 7.05 Å². The molecule has 1 aliphatic heterocycles. The molecule has 4 rings (SSSR count). The summed E-state index contributed by atoms with van der Waals surface area (Å²) in [4.78, 5) is 33.9. The lowest BCUT2D eigenvalue weighted by atomic mass is 10.2. The fourth-order valence-electron chi connectivity index (χ4n) is 3.97. The lowest BCUT2D eigenvalue weighted by molar-refractivity contribution is 0.0378. The summed E-state index contributed by atoms with van der Waals surface area (Å²) in [6, 6.07) is 7.56. The number of aryl methyl sites for hydroxylation is 2. The standard InChI is InChI=1S/C23H32N6O5/c1-16-4-6-18(7-5-16)34-15-17(30)14-29-19-20(27(2)23(32)26-21(19)31)25-22(29)24-8-3-9-28-10-12-33-13-11-28/h4-7,17,30H,3,8-15H2,1-2H3,(H,24,25)(H,26,31,32)/t17-/m1/s1. The van der Waals surface area contributed by atoms with E-state index in [1.807, 2.05) is 31.2 Å². The Morgan fingerprint density at radius 1 is 1.24 bits per heavy atom. The monoisotopic (exact) mass is 472 g/mol. The molecule has 0 radical (unpaired) electrons. The number of hydrogen-bond acceptors (Lipinski definition) is 8. The van der Waals surface area contributed by atoms with Crippen molar-refractivity contribution in [3.63, 3.8) is 0 Å². The Kier molecular flexibility index (Phi) is 7.66. The third-order valence-electron chi connectivity index (χ3n) is 5.90. The van der Waals surface area contributed by atoms with Crippen LogP contribution in [-0.4, -0.2) is 81.2 Å². The van der Waals surface area contributed by atoms with E-state index in [9.17, 15) is 14.7 Å². The molecule has 0 bridgehead atoms. The van der Waals surface area contributed by atoms with Crippen LogP contribution in [0.1, 0.15) is 12.0 Å². The van der Waals surface area contributed by atoms with Crippen LogP contribution < -0.4 is 21.3 Å². The van der Waals surface area contributed by atoms with Crippen molar-refractivity contribution in [1.82, 2.24) is 24.0 Å². The van der Waals surface area contributed by atoms with E-state index in [1.165, 1.54) is 4.57 Å². The SMILES string of the molecule is Cc1ccc(OC[C@H](O)Cn2c(NCCCN3CCOCC3)nc3c2c(=O)[nH]c(=O)n3C)cc1. The summed E-state index contributed by atoms with van der Waals surface area (Å²) in [6.07, 6.45) is -0.0263. The minimum Gasteiger partial charge on any atom is -0.491 e. The van der Waals surface area contributed by atoms with Crippen molar-refractivity contribution in [3.8, 4) is 5.75 Å². The maximum atomic E-state index is 12.6. The van der Waals surface area contributed by atoms with Gasteiger partial charge in [-0.25, -0.2) is 4.79 Å². The van der Waals surface area contributed by atoms with E-state index >= 15 is 0 Å². The number of imidazole rings is 1. The zero-order valence-electron chi connectivity index (χ0n) is 19.6. The predicted octanol–water partition coefficient (Wildman–Crippen LogP) is 0.306. The van der Waals surface area contributed by atoms with Gasteiger partial charge in [0.05, 0.1) is 19.8 Å². The first-order valence-corrected chi connectivity index (χ1v) is 11.5. The van der Waals surface area contributed by atoms with Gasteiger partial charge in [-0.05, 0) is 32.0 Å². The van der Waals surface area contributed by atoms with Crippen LogP contribution in [0, 0.1) is 6.92 Å². The highest BCUT2D eigenvalue weighted by atomic mass is 16.5. The van der Waals surface area contributed by atoms with Crippen LogP contribution in [0.5, 0.6) is 5.75 Å². The zero-order chi connectivity index (χ0) is 24.1. The zero-order valence-corrected chi connectivity index (χ0v) is 19.6. The number of benzene rings is 1. The second-order valence-corrected chi connectivity index (χ2v) is 8.55. The first kappa shape index (κ1) is 24.0. The van der Waals surface area contributed by atoms with Crippen molar-refractivity contribution in [2.75, 3.05) is 51.3 Å². The number of aromatic amines is 1. The quantitative estimate of drug-likeness (QED) is 0.360. The van der Waals surface area contributed by atoms with E-state index < -0.39 is 17.4 Å². The minimum atomic E-state index is -0.899. The van der Waals surface area contributed by atoms with Crippen LogP contribution >= 0.6 is 0 Å². The molecule has 3 aromatic rings. The Bertz CT molecular complexity index is 1210. The van der Waals surface area contributed by atoms with Crippen LogP contribution in [0.25, 0.3) is 11.2 Å². The van der Waals surface area contributed by atoms with Gasteiger partial charge in [0.25, 0.3) is 5.56 Å². The number of ether oxygens (including phenoxy) is 2. The van der Waals surface area contributed by atoms with Gasteiger partial charge in [-0.1, -0.05) is 17.7 Å². The van der Waals surface area contributed by atoms with Gasteiger partial charge in [0.2, 0.25) is 5.95 Å². The third-order valence-corrected chi connectivity index (χ3v) is 5.90. The van der Waals surface area contributed by atoms with Crippen molar-refractivity contribution in [3.05, 3.63) is 50.7 Å². The number of fused-ring (bicyclic) bond motifs is 1. The van der Waals surface area contributed by atoms with Crippen LogP contribution in [0.4, 0.5) is 5.95 Å². The molecule has 3 N–H and O–H groups in total. The number of anilines is 1. The van der Waals surface area contributed by atoms with Gasteiger partial charge in [0, 0.05) is 26.7 Å². The first-order chi connectivity index (χ1) is 16.4. The van der Waals surface area contributed by atoms with Crippen LogP contribution in [0.3, 0.4) is 0 Å². The molecule has 0 spiro atoms. The Labute approximate surface area is 196 Å². The fourth-order valence-corrected chi connectivity index (χ4v) is 3.97. The number of aromatic nitrogens is 4. The second kappa shape index (κ2) is 10.9. The molecule has 11 heteroatoms. The van der Waals surface area contributed by atoms with Crippen molar-refractivity contribution in [2.45, 2.75) is 26.0 Å². The number of hydrogen-bond donors (Lipinski definition) is 3. The van der Waals surface area contributed by atoms with E-state index in [0.29, 0.717) is 18.2 Å². The summed E-state index contributed by atoms with van der Waals surface area (Å²) in [5.41, 5.74) is 0.526. The lowest BCUT2D eigenvalue weighted by Crippen LogP contribution is -2.37. The summed E-state index contributed by atoms with van der Waals surface area (Å²) in [5.74, 6) is 1.08. The second-order valence-electron chi connectivity index (χ2n) is 8.55. The molecule has 1 aliphatic rings. The molecule has 1 saturated heterocycles. The molecule has 1 atom stereocenters. The smallest absolute Gasteiger partial charge is 0.329 e. The predicted molar refractivity (Wildman–Crippen MR) is 129 cm³/mol. The molecule has 184 valence electrons. The van der Waals surface area contributed by atoms with Gasteiger partial charge >= 0.3 is 5.69 Å². The average molecular weight is 473 g/mol. The number of H-pyrrole nitrogens is 1. The van der Waals surface area contributed by atoms with Crippen molar-refractivity contribution >= 4 is 17.1 Å². The number of morpholine rings is 1. The van der Waals surface area contributed by atoms with Crippen LogP contribution in [-0.2, 0) is 18.3 Å². The van der Waals surface area contributed by atoms with Gasteiger partial charge < -0.3 is 24.5 Å².